The number of pyridine rings is 1. The van der Waals surface area contributed by atoms with Crippen LogP contribution in [0.25, 0.3) is 33.3 Å². The van der Waals surface area contributed by atoms with Gasteiger partial charge < -0.3 is 9.47 Å². The molecule has 0 bridgehead atoms. The monoisotopic (exact) mass is 1050 g/mol. The summed E-state index contributed by atoms with van der Waals surface area (Å²) < 4.78 is 4.38. The van der Waals surface area contributed by atoms with E-state index in [0.717, 1.165) is 56.6 Å². The Morgan fingerprint density at radius 3 is 1.70 bits per heavy atom. The van der Waals surface area contributed by atoms with E-state index in [-0.39, 0.29) is 42.7 Å². The molecule has 6 heteroatoms. The Bertz CT molecular complexity index is 3180. The van der Waals surface area contributed by atoms with Crippen molar-refractivity contribution >= 4 is 38.9 Å². The van der Waals surface area contributed by atoms with E-state index in [2.05, 4.69) is 243 Å². The van der Waals surface area contributed by atoms with Crippen LogP contribution in [0.4, 0.5) is 17.1 Å². The van der Waals surface area contributed by atoms with Gasteiger partial charge in [0.2, 0.25) is 0 Å². The maximum Gasteiger partial charge on any atom is 2.00 e. The molecule has 0 atom stereocenters. The summed E-state index contributed by atoms with van der Waals surface area (Å²) in [5.74, 6) is 0.872. The second-order valence-corrected chi connectivity index (χ2v) is 20.9. The fraction of sp³-hybridized carbons (Fsp3) is 0.267. The van der Waals surface area contributed by atoms with Crippen LogP contribution in [0.15, 0.2) is 152 Å². The van der Waals surface area contributed by atoms with Crippen molar-refractivity contribution in [2.24, 2.45) is 0 Å². The van der Waals surface area contributed by atoms with Gasteiger partial charge in [0.15, 0.2) is 0 Å². The third kappa shape index (κ3) is 8.48. The molecule has 0 fully saturated rings. The summed E-state index contributed by atoms with van der Waals surface area (Å²) >= 11 is 0. The number of benzene rings is 6. The van der Waals surface area contributed by atoms with Gasteiger partial charge in [-0.1, -0.05) is 183 Å². The zero-order chi connectivity index (χ0) is 46.1. The van der Waals surface area contributed by atoms with Crippen LogP contribution in [0.3, 0.4) is 0 Å². The molecule has 0 saturated carbocycles. The Morgan fingerprint density at radius 1 is 0.530 bits per heavy atom. The van der Waals surface area contributed by atoms with Gasteiger partial charge in [-0.25, -0.2) is 4.98 Å². The van der Waals surface area contributed by atoms with Crippen LogP contribution < -0.4 is 4.90 Å². The summed E-state index contributed by atoms with van der Waals surface area (Å²) in [6.45, 7) is 27.2. The fourth-order valence-electron chi connectivity index (χ4n) is 9.43. The SMILES string of the molecule is Cc1cc(C)n(-c2[c-]c(N(c3[c-]c4c(c(C(C)(C)C)c3)c3cc(C(C)(C)c5ccccc5)ccc3n4-c3cc(C(C)(C)C)ccn3)c3ccccc3)cc(C(C)(C)c3ccccc3)c2)n1.[Pt+2]. The van der Waals surface area contributed by atoms with Crippen LogP contribution in [0.2, 0.25) is 0 Å². The molecule has 3 heterocycles. The van der Waals surface area contributed by atoms with Gasteiger partial charge in [-0.2, -0.15) is 5.10 Å². The van der Waals surface area contributed by atoms with E-state index in [4.69, 9.17) is 10.1 Å². The fourth-order valence-corrected chi connectivity index (χ4v) is 9.43. The summed E-state index contributed by atoms with van der Waals surface area (Å²) in [4.78, 5) is 7.47. The number of nitrogens with zero attached hydrogens (tertiary/aromatic N) is 5. The molecule has 0 aliphatic rings. The third-order valence-corrected chi connectivity index (χ3v) is 13.4. The normalized spacial score (nSPS) is 12.4. The molecule has 0 aliphatic carbocycles. The Hall–Kier alpha value is -6.03. The van der Waals surface area contributed by atoms with E-state index in [1.54, 1.807) is 0 Å². The van der Waals surface area contributed by atoms with Gasteiger partial charge in [-0.3, -0.25) is 4.68 Å². The van der Waals surface area contributed by atoms with E-state index in [0.29, 0.717) is 0 Å². The standard InChI is InChI=1S/C60H61N5.Pt/c1-40-32-41(2)65(62-40)50-34-46(60(11,12)43-24-18-14-19-25-43)33-48(37-50)63(47-26-20-15-21-27-47)49-38-52(58(6,7)8)56-51-35-45(59(9,10)42-22-16-13-17-23-42)28-29-53(51)64(54(56)39-49)55-36-44(30-31-61-55)57(3,4)5;/h13-36,38H,1-12H3;/q-2;+2. The van der Waals surface area contributed by atoms with Crippen molar-refractivity contribution in [3.05, 3.63) is 209 Å². The van der Waals surface area contributed by atoms with Crippen LogP contribution in [-0.4, -0.2) is 19.3 Å². The second kappa shape index (κ2) is 17.3. The number of anilines is 3. The van der Waals surface area contributed by atoms with Crippen molar-refractivity contribution in [3.63, 3.8) is 0 Å². The van der Waals surface area contributed by atoms with Crippen LogP contribution in [0.5, 0.6) is 0 Å². The number of hydrogen-bond donors (Lipinski definition) is 0. The van der Waals surface area contributed by atoms with Crippen molar-refractivity contribution in [1.29, 1.82) is 0 Å². The minimum absolute atomic E-state index is 0. The van der Waals surface area contributed by atoms with Crippen LogP contribution in [0.1, 0.15) is 114 Å². The van der Waals surface area contributed by atoms with Gasteiger partial charge in [0, 0.05) is 28.5 Å². The van der Waals surface area contributed by atoms with E-state index in [9.17, 15) is 0 Å². The number of aromatic nitrogens is 4. The minimum Gasteiger partial charge on any atom is -0.358 e. The molecular formula is C60H61N5Pt. The van der Waals surface area contributed by atoms with Crippen molar-refractivity contribution < 1.29 is 21.1 Å². The topological polar surface area (TPSA) is 38.9 Å². The van der Waals surface area contributed by atoms with Crippen molar-refractivity contribution in [1.82, 2.24) is 19.3 Å². The molecule has 0 amide bonds. The minimum atomic E-state index is -0.343. The molecule has 0 saturated heterocycles. The third-order valence-electron chi connectivity index (χ3n) is 13.4. The molecule has 336 valence electrons. The molecule has 66 heavy (non-hydrogen) atoms. The van der Waals surface area contributed by atoms with Crippen LogP contribution in [-0.2, 0) is 42.7 Å². The van der Waals surface area contributed by atoms with Crippen LogP contribution >= 0.6 is 0 Å². The number of aryl methyl sites for hydroxylation is 2. The predicted octanol–water partition coefficient (Wildman–Crippen LogP) is 15.3. The zero-order valence-electron chi connectivity index (χ0n) is 40.5. The van der Waals surface area contributed by atoms with Gasteiger partial charge in [0.1, 0.15) is 5.82 Å². The molecule has 0 aliphatic heterocycles. The molecule has 9 rings (SSSR count). The molecule has 0 spiro atoms. The molecule has 6 aromatic carbocycles. The van der Waals surface area contributed by atoms with Gasteiger partial charge in [-0.15, -0.1) is 41.5 Å². The molecule has 5 nitrogen and oxygen atoms in total. The summed E-state index contributed by atoms with van der Waals surface area (Å²) in [6.07, 6.45) is 1.96. The summed E-state index contributed by atoms with van der Waals surface area (Å²) in [5, 5.41) is 7.37. The first-order valence-electron chi connectivity index (χ1n) is 22.9. The summed E-state index contributed by atoms with van der Waals surface area (Å²) in [5.41, 5.74) is 14.3. The van der Waals surface area contributed by atoms with Crippen molar-refractivity contribution in [3.8, 4) is 11.5 Å². The quantitative estimate of drug-likeness (QED) is 0.135. The van der Waals surface area contributed by atoms with E-state index in [1.165, 1.54) is 38.6 Å². The van der Waals surface area contributed by atoms with Gasteiger partial charge in [0.25, 0.3) is 0 Å². The number of fused-ring (bicyclic) bond motifs is 3. The van der Waals surface area contributed by atoms with Crippen molar-refractivity contribution in [2.45, 2.75) is 105 Å². The molecule has 9 aromatic rings. The molecular weight excluding hydrogens is 986 g/mol. The van der Waals surface area contributed by atoms with E-state index >= 15 is 0 Å². The average molecular weight is 1050 g/mol. The van der Waals surface area contributed by atoms with Crippen LogP contribution in [0, 0.1) is 26.0 Å². The zero-order valence-corrected chi connectivity index (χ0v) is 42.8. The van der Waals surface area contributed by atoms with Crippen molar-refractivity contribution in [2.75, 3.05) is 4.90 Å². The Kier molecular flexibility index (Phi) is 12.2. The first kappa shape index (κ1) is 46.5. The van der Waals surface area contributed by atoms with Gasteiger partial charge >= 0.3 is 21.1 Å². The maximum absolute atomic E-state index is 5.13. The molecule has 0 radical (unpaired) electrons. The number of para-hydroxylation sites is 1. The smallest absolute Gasteiger partial charge is 0.358 e. The average Bonchev–Trinajstić information content (AvgIpc) is 3.81. The first-order chi connectivity index (χ1) is 30.8. The number of hydrogen-bond acceptors (Lipinski definition) is 3. The summed E-state index contributed by atoms with van der Waals surface area (Å²) in [7, 11) is 0. The Morgan fingerprint density at radius 2 is 1.12 bits per heavy atom. The Labute approximate surface area is 406 Å². The summed E-state index contributed by atoms with van der Waals surface area (Å²) in [6, 6.07) is 60.8. The number of rotatable bonds is 9. The Balaban J connectivity index is 0.00000592. The maximum atomic E-state index is 5.13. The van der Waals surface area contributed by atoms with E-state index in [1.807, 2.05) is 17.8 Å². The predicted molar refractivity (Wildman–Crippen MR) is 272 cm³/mol. The largest absolute Gasteiger partial charge is 2.00 e. The van der Waals surface area contributed by atoms with E-state index < -0.39 is 0 Å². The van der Waals surface area contributed by atoms with Gasteiger partial charge in [0.05, 0.1) is 5.69 Å². The molecule has 0 unspecified atom stereocenters. The molecule has 0 N–H and O–H groups in total. The molecule has 3 aromatic heterocycles. The first-order valence-corrected chi connectivity index (χ1v) is 22.9. The van der Waals surface area contributed by atoms with Gasteiger partial charge in [-0.05, 0) is 99.8 Å². The second-order valence-electron chi connectivity index (χ2n) is 20.9.